The SMILES string of the molecule is CCSc1ccc(C(=O)N(CCN(C)C)c2nc3ccc(S(C)(=O)=O)cc3s2)cc1.Cl. The smallest absolute Gasteiger partial charge is 0.260 e. The van der Waals surface area contributed by atoms with Gasteiger partial charge in [-0.25, -0.2) is 13.4 Å². The Labute approximate surface area is 198 Å². The molecule has 1 aromatic heterocycles. The molecule has 10 heteroatoms. The molecule has 3 rings (SSSR count). The van der Waals surface area contributed by atoms with E-state index in [0.29, 0.717) is 29.3 Å². The van der Waals surface area contributed by atoms with Crippen LogP contribution in [-0.4, -0.2) is 63.4 Å². The summed E-state index contributed by atoms with van der Waals surface area (Å²) >= 11 is 3.06. The van der Waals surface area contributed by atoms with E-state index in [1.807, 2.05) is 43.3 Å². The van der Waals surface area contributed by atoms with Gasteiger partial charge in [-0.1, -0.05) is 18.3 Å². The molecule has 0 aliphatic rings. The minimum Gasteiger partial charge on any atom is -0.308 e. The molecule has 168 valence electrons. The second-order valence-corrected chi connectivity index (χ2v) is 11.5. The van der Waals surface area contributed by atoms with E-state index in [2.05, 4.69) is 11.9 Å². The molecule has 0 fully saturated rings. The zero-order valence-corrected chi connectivity index (χ0v) is 21.1. The molecule has 0 atom stereocenters. The minimum atomic E-state index is -3.31. The molecule has 0 N–H and O–H groups in total. The standard InChI is InChI=1S/C21H25N3O3S3.ClH/c1-5-28-16-8-6-15(7-9-16)20(25)24(13-12-23(2)3)21-22-18-11-10-17(30(4,26)27)14-19(18)29-21;/h6-11,14H,5,12-13H2,1-4H3;1H. The number of halogens is 1. The van der Waals surface area contributed by atoms with Crippen molar-refractivity contribution in [3.05, 3.63) is 48.0 Å². The predicted octanol–water partition coefficient (Wildman–Crippen LogP) is 4.44. The van der Waals surface area contributed by atoms with E-state index in [9.17, 15) is 13.2 Å². The number of benzene rings is 2. The van der Waals surface area contributed by atoms with Crippen LogP contribution >= 0.6 is 35.5 Å². The highest BCUT2D eigenvalue weighted by Gasteiger charge is 2.22. The number of carbonyl (C=O) groups is 1. The maximum atomic E-state index is 13.3. The average molecular weight is 500 g/mol. The highest BCUT2D eigenvalue weighted by Crippen LogP contribution is 2.31. The van der Waals surface area contributed by atoms with Crippen molar-refractivity contribution in [2.24, 2.45) is 0 Å². The van der Waals surface area contributed by atoms with Gasteiger partial charge in [0.2, 0.25) is 0 Å². The number of rotatable bonds is 8. The molecule has 0 aliphatic heterocycles. The van der Waals surface area contributed by atoms with E-state index >= 15 is 0 Å². The van der Waals surface area contributed by atoms with E-state index in [1.165, 1.54) is 17.6 Å². The van der Waals surface area contributed by atoms with Crippen molar-refractivity contribution in [2.75, 3.05) is 44.1 Å². The summed E-state index contributed by atoms with van der Waals surface area (Å²) in [5, 5.41) is 0.564. The number of fused-ring (bicyclic) bond motifs is 1. The summed E-state index contributed by atoms with van der Waals surface area (Å²) < 4.78 is 24.5. The Balaban J connectivity index is 0.00000341. The van der Waals surface area contributed by atoms with Crippen LogP contribution in [0.3, 0.4) is 0 Å². The minimum absolute atomic E-state index is 0. The van der Waals surface area contributed by atoms with Crippen LogP contribution in [0.5, 0.6) is 0 Å². The van der Waals surface area contributed by atoms with Gasteiger partial charge in [-0.15, -0.1) is 24.2 Å². The molecule has 0 spiro atoms. The highest BCUT2D eigenvalue weighted by atomic mass is 35.5. The van der Waals surface area contributed by atoms with Gasteiger partial charge < -0.3 is 4.90 Å². The van der Waals surface area contributed by atoms with Crippen LogP contribution in [0.2, 0.25) is 0 Å². The van der Waals surface area contributed by atoms with Crippen LogP contribution in [0.25, 0.3) is 10.2 Å². The van der Waals surface area contributed by atoms with Gasteiger partial charge in [0.1, 0.15) is 0 Å². The number of thiazole rings is 1. The molecule has 0 unspecified atom stereocenters. The van der Waals surface area contributed by atoms with Crippen molar-refractivity contribution in [2.45, 2.75) is 16.7 Å². The van der Waals surface area contributed by atoms with Crippen molar-refractivity contribution >= 4 is 66.6 Å². The maximum Gasteiger partial charge on any atom is 0.260 e. The van der Waals surface area contributed by atoms with Crippen molar-refractivity contribution in [3.8, 4) is 0 Å². The quantitative estimate of drug-likeness (QED) is 0.427. The van der Waals surface area contributed by atoms with Gasteiger partial charge in [0.25, 0.3) is 5.91 Å². The molecule has 0 radical (unpaired) electrons. The lowest BCUT2D eigenvalue weighted by atomic mass is 10.2. The van der Waals surface area contributed by atoms with Crippen molar-refractivity contribution in [1.29, 1.82) is 0 Å². The molecular weight excluding hydrogens is 474 g/mol. The lowest BCUT2D eigenvalue weighted by Crippen LogP contribution is -2.36. The first kappa shape index (κ1) is 25.6. The van der Waals surface area contributed by atoms with Crippen LogP contribution in [0, 0.1) is 0 Å². The summed E-state index contributed by atoms with van der Waals surface area (Å²) in [5.41, 5.74) is 1.28. The van der Waals surface area contributed by atoms with E-state index in [0.717, 1.165) is 15.3 Å². The number of likely N-dealkylation sites (N-methyl/N-ethyl adjacent to an activating group) is 1. The molecule has 6 nitrogen and oxygen atoms in total. The fourth-order valence-electron chi connectivity index (χ4n) is 2.84. The summed E-state index contributed by atoms with van der Waals surface area (Å²) in [6, 6.07) is 12.5. The summed E-state index contributed by atoms with van der Waals surface area (Å²) in [6.45, 7) is 3.26. The Kier molecular flexibility index (Phi) is 8.91. The molecule has 1 amide bonds. The second kappa shape index (κ2) is 10.8. The zero-order valence-electron chi connectivity index (χ0n) is 17.9. The number of nitrogens with zero attached hydrogens (tertiary/aromatic N) is 3. The number of thioether (sulfide) groups is 1. The van der Waals surface area contributed by atoms with Crippen molar-refractivity contribution in [1.82, 2.24) is 9.88 Å². The molecule has 0 saturated heterocycles. The Bertz CT molecular complexity index is 1150. The van der Waals surface area contributed by atoms with Crippen LogP contribution in [-0.2, 0) is 9.84 Å². The van der Waals surface area contributed by atoms with Gasteiger partial charge >= 0.3 is 0 Å². The Morgan fingerprint density at radius 3 is 2.35 bits per heavy atom. The molecule has 31 heavy (non-hydrogen) atoms. The van der Waals surface area contributed by atoms with Gasteiger partial charge in [0.05, 0.1) is 15.1 Å². The van der Waals surface area contributed by atoms with Gasteiger partial charge in [-0.3, -0.25) is 9.69 Å². The average Bonchev–Trinajstić information content (AvgIpc) is 3.11. The van der Waals surface area contributed by atoms with Gasteiger partial charge in [0, 0.05) is 29.8 Å². The van der Waals surface area contributed by atoms with E-state index in [-0.39, 0.29) is 23.2 Å². The Morgan fingerprint density at radius 1 is 1.10 bits per heavy atom. The Morgan fingerprint density at radius 2 is 1.77 bits per heavy atom. The summed E-state index contributed by atoms with van der Waals surface area (Å²) in [4.78, 5) is 23.0. The number of amides is 1. The number of hydrogen-bond acceptors (Lipinski definition) is 7. The summed E-state index contributed by atoms with van der Waals surface area (Å²) in [5.74, 6) is 0.857. The molecule has 1 heterocycles. The highest BCUT2D eigenvalue weighted by molar-refractivity contribution is 7.99. The second-order valence-electron chi connectivity index (χ2n) is 7.12. The number of carbonyl (C=O) groups excluding carboxylic acids is 1. The lowest BCUT2D eigenvalue weighted by molar-refractivity contribution is 0.0985. The van der Waals surface area contributed by atoms with Crippen LogP contribution in [0.15, 0.2) is 52.3 Å². The maximum absolute atomic E-state index is 13.3. The number of anilines is 1. The zero-order chi connectivity index (χ0) is 21.9. The largest absolute Gasteiger partial charge is 0.308 e. The van der Waals surface area contributed by atoms with Crippen molar-refractivity contribution < 1.29 is 13.2 Å². The third kappa shape index (κ3) is 6.43. The van der Waals surface area contributed by atoms with Gasteiger partial charge in [0.15, 0.2) is 15.0 Å². The first-order valence-electron chi connectivity index (χ1n) is 9.49. The fourth-order valence-corrected chi connectivity index (χ4v) is 5.25. The summed E-state index contributed by atoms with van der Waals surface area (Å²) in [7, 11) is 0.604. The van der Waals surface area contributed by atoms with E-state index in [1.54, 1.807) is 34.9 Å². The predicted molar refractivity (Wildman–Crippen MR) is 133 cm³/mol. The van der Waals surface area contributed by atoms with E-state index < -0.39 is 9.84 Å². The molecule has 2 aromatic carbocycles. The van der Waals surface area contributed by atoms with Crippen molar-refractivity contribution in [3.63, 3.8) is 0 Å². The molecular formula is C21H26ClN3O3S3. The van der Waals surface area contributed by atoms with Gasteiger partial charge in [-0.05, 0) is 62.3 Å². The normalized spacial score (nSPS) is 11.5. The number of aromatic nitrogens is 1. The molecule has 0 bridgehead atoms. The van der Waals surface area contributed by atoms with Crippen LogP contribution < -0.4 is 4.90 Å². The molecule has 0 saturated carbocycles. The molecule has 3 aromatic rings. The first-order chi connectivity index (χ1) is 14.2. The topological polar surface area (TPSA) is 70.6 Å². The molecule has 0 aliphatic carbocycles. The first-order valence-corrected chi connectivity index (χ1v) is 13.2. The van der Waals surface area contributed by atoms with Gasteiger partial charge in [-0.2, -0.15) is 0 Å². The van der Waals surface area contributed by atoms with Crippen LogP contribution in [0.1, 0.15) is 17.3 Å². The third-order valence-corrected chi connectivity index (χ3v) is 7.48. The summed E-state index contributed by atoms with van der Waals surface area (Å²) in [6.07, 6.45) is 1.18. The third-order valence-electron chi connectivity index (χ3n) is 4.44. The number of sulfone groups is 1. The monoisotopic (exact) mass is 499 g/mol. The van der Waals surface area contributed by atoms with E-state index in [4.69, 9.17) is 0 Å². The fraction of sp³-hybridized carbons (Fsp3) is 0.333. The number of hydrogen-bond donors (Lipinski definition) is 0. The van der Waals surface area contributed by atoms with Crippen LogP contribution in [0.4, 0.5) is 5.13 Å². The Hall–Kier alpha value is -1.65. The lowest BCUT2D eigenvalue weighted by Gasteiger charge is -2.22.